The summed E-state index contributed by atoms with van der Waals surface area (Å²) in [7, 11) is 3.94. The van der Waals surface area contributed by atoms with Gasteiger partial charge in [0.2, 0.25) is 0 Å². The zero-order valence-electron chi connectivity index (χ0n) is 19.6. The monoisotopic (exact) mass is 433 g/mol. The molecule has 0 spiro atoms. The lowest BCUT2D eigenvalue weighted by Gasteiger charge is -2.26. The minimum absolute atomic E-state index is 0. The van der Waals surface area contributed by atoms with Crippen molar-refractivity contribution in [2.75, 3.05) is 33.8 Å². The average molecular weight is 434 g/mol. The molecule has 4 nitrogen and oxygen atoms in total. The number of hydrogen-bond acceptors (Lipinski definition) is 3. The number of likely N-dealkylation sites (N-methyl/N-ethyl adjacent to an activating group) is 1. The SMILES string of the molecule is CCCCCCCCCCCCCCCCCC(=O)OCC[N+](C)(C)CC=O.[Cl-]. The Bertz CT molecular complexity index is 375. The van der Waals surface area contributed by atoms with Gasteiger partial charge in [-0.3, -0.25) is 9.59 Å². The molecule has 0 aromatic rings. The van der Waals surface area contributed by atoms with E-state index in [2.05, 4.69) is 6.92 Å². The Morgan fingerprint density at radius 2 is 1.17 bits per heavy atom. The average Bonchev–Trinajstić information content (AvgIpc) is 2.64. The summed E-state index contributed by atoms with van der Waals surface area (Å²) in [5, 5.41) is 0. The maximum Gasteiger partial charge on any atom is 0.305 e. The molecule has 0 N–H and O–H groups in total. The van der Waals surface area contributed by atoms with E-state index in [4.69, 9.17) is 4.74 Å². The number of nitrogens with zero attached hydrogens (tertiary/aromatic N) is 1. The molecule has 0 aliphatic heterocycles. The zero-order chi connectivity index (χ0) is 20.9. The highest BCUT2D eigenvalue weighted by molar-refractivity contribution is 5.69. The van der Waals surface area contributed by atoms with Gasteiger partial charge >= 0.3 is 5.97 Å². The number of carbonyl (C=O) groups excluding carboxylic acids is 2. The summed E-state index contributed by atoms with van der Waals surface area (Å²) in [5.41, 5.74) is 0. The van der Waals surface area contributed by atoms with Crippen molar-refractivity contribution < 1.29 is 31.2 Å². The number of halogens is 1. The minimum Gasteiger partial charge on any atom is -1.00 e. The van der Waals surface area contributed by atoms with Gasteiger partial charge in [0.1, 0.15) is 19.7 Å². The van der Waals surface area contributed by atoms with Crippen molar-refractivity contribution in [1.29, 1.82) is 0 Å². The van der Waals surface area contributed by atoms with E-state index in [1.54, 1.807) is 0 Å². The summed E-state index contributed by atoms with van der Waals surface area (Å²) >= 11 is 0. The third-order valence-electron chi connectivity index (χ3n) is 5.51. The quantitative estimate of drug-likeness (QED) is 0.121. The lowest BCUT2D eigenvalue weighted by molar-refractivity contribution is -0.881. The first-order valence-corrected chi connectivity index (χ1v) is 11.9. The summed E-state index contributed by atoms with van der Waals surface area (Å²) in [6.07, 6.45) is 21.4. The number of carbonyl (C=O) groups is 2. The molecule has 0 atom stereocenters. The molecule has 0 aromatic heterocycles. The maximum absolute atomic E-state index is 11.7. The normalized spacial score (nSPS) is 11.1. The summed E-state index contributed by atoms with van der Waals surface area (Å²) in [6.45, 7) is 3.81. The molecule has 0 rings (SSSR count). The van der Waals surface area contributed by atoms with Crippen LogP contribution in [0.5, 0.6) is 0 Å². The van der Waals surface area contributed by atoms with Crippen LogP contribution >= 0.6 is 0 Å². The predicted octanol–water partition coefficient (Wildman–Crippen LogP) is 3.07. The third-order valence-corrected chi connectivity index (χ3v) is 5.51. The van der Waals surface area contributed by atoms with Gasteiger partial charge in [0.15, 0.2) is 6.29 Å². The Morgan fingerprint density at radius 3 is 1.59 bits per heavy atom. The van der Waals surface area contributed by atoms with Gasteiger partial charge in [-0.25, -0.2) is 0 Å². The molecule has 0 saturated heterocycles. The molecule has 0 bridgehead atoms. The van der Waals surface area contributed by atoms with E-state index >= 15 is 0 Å². The first-order valence-electron chi connectivity index (χ1n) is 11.9. The number of quaternary nitrogens is 1. The molecular weight excluding hydrogens is 386 g/mol. The topological polar surface area (TPSA) is 43.4 Å². The van der Waals surface area contributed by atoms with Crippen molar-refractivity contribution in [1.82, 2.24) is 0 Å². The van der Waals surface area contributed by atoms with E-state index in [1.165, 1.54) is 83.5 Å². The highest BCUT2D eigenvalue weighted by Gasteiger charge is 2.14. The van der Waals surface area contributed by atoms with Gasteiger partial charge in [0.25, 0.3) is 0 Å². The van der Waals surface area contributed by atoms with E-state index in [0.29, 0.717) is 30.6 Å². The van der Waals surface area contributed by atoms with E-state index < -0.39 is 0 Å². The van der Waals surface area contributed by atoms with Gasteiger partial charge in [-0.05, 0) is 6.42 Å². The molecule has 5 heteroatoms. The van der Waals surface area contributed by atoms with E-state index in [-0.39, 0.29) is 18.4 Å². The summed E-state index contributed by atoms with van der Waals surface area (Å²) < 4.78 is 5.84. The standard InChI is InChI=1S/C24H48NO3.ClH/c1-4-5-6-7-8-9-10-11-12-13-14-15-16-17-18-19-24(27)28-23-21-25(2,3)20-22-26;/h22H,4-21,23H2,1-3H3;1H/q+1;/p-1. The van der Waals surface area contributed by atoms with Crippen molar-refractivity contribution >= 4 is 12.3 Å². The summed E-state index contributed by atoms with van der Waals surface area (Å²) in [6, 6.07) is 0. The molecule has 0 aromatic carbocycles. The van der Waals surface area contributed by atoms with Gasteiger partial charge in [0, 0.05) is 6.42 Å². The number of esters is 1. The van der Waals surface area contributed by atoms with Gasteiger partial charge in [-0.1, -0.05) is 96.8 Å². The van der Waals surface area contributed by atoms with Crippen molar-refractivity contribution in [3.05, 3.63) is 0 Å². The molecule has 0 unspecified atom stereocenters. The van der Waals surface area contributed by atoms with Gasteiger partial charge < -0.3 is 21.6 Å². The van der Waals surface area contributed by atoms with Crippen molar-refractivity contribution in [3.8, 4) is 0 Å². The van der Waals surface area contributed by atoms with Crippen LogP contribution in [0, 0.1) is 0 Å². The molecule has 0 saturated carbocycles. The number of rotatable bonds is 21. The van der Waals surface area contributed by atoms with E-state index in [0.717, 1.165) is 19.1 Å². The Kier molecular flexibility index (Phi) is 23.3. The molecule has 0 fully saturated rings. The number of hydrogen-bond donors (Lipinski definition) is 0. The number of ether oxygens (including phenoxy) is 1. The molecule has 0 aliphatic rings. The summed E-state index contributed by atoms with van der Waals surface area (Å²) in [4.78, 5) is 22.3. The Balaban J connectivity index is 0. The van der Waals surface area contributed by atoms with E-state index in [1.807, 2.05) is 14.1 Å². The second kappa shape index (κ2) is 22.1. The zero-order valence-corrected chi connectivity index (χ0v) is 20.3. The molecule has 0 aliphatic carbocycles. The second-order valence-electron chi connectivity index (χ2n) is 8.93. The van der Waals surface area contributed by atoms with Crippen LogP contribution in [-0.4, -0.2) is 50.5 Å². The predicted molar refractivity (Wildman–Crippen MR) is 118 cm³/mol. The molecular formula is C24H48ClNO3. The number of unbranched alkanes of at least 4 members (excludes halogenated alkanes) is 14. The lowest BCUT2D eigenvalue weighted by Crippen LogP contribution is -3.00. The molecule has 0 radical (unpaired) electrons. The number of aldehydes is 1. The lowest BCUT2D eigenvalue weighted by atomic mass is 10.0. The fourth-order valence-corrected chi connectivity index (χ4v) is 3.41. The van der Waals surface area contributed by atoms with Crippen LogP contribution in [0.2, 0.25) is 0 Å². The van der Waals surface area contributed by atoms with Gasteiger partial charge in [-0.15, -0.1) is 0 Å². The third kappa shape index (κ3) is 23.5. The Labute approximate surface area is 187 Å². The smallest absolute Gasteiger partial charge is 0.305 e. The summed E-state index contributed by atoms with van der Waals surface area (Å²) in [5.74, 6) is -0.0965. The fraction of sp³-hybridized carbons (Fsp3) is 0.917. The largest absolute Gasteiger partial charge is 1.00 e. The van der Waals surface area contributed by atoms with Crippen molar-refractivity contribution in [2.45, 2.75) is 110 Å². The molecule has 174 valence electrons. The van der Waals surface area contributed by atoms with Crippen LogP contribution in [0.4, 0.5) is 0 Å². The fourth-order valence-electron chi connectivity index (χ4n) is 3.41. The van der Waals surface area contributed by atoms with Crippen LogP contribution < -0.4 is 12.4 Å². The first-order chi connectivity index (χ1) is 13.5. The van der Waals surface area contributed by atoms with Crippen molar-refractivity contribution in [3.63, 3.8) is 0 Å². The Hall–Kier alpha value is -0.610. The van der Waals surface area contributed by atoms with Crippen LogP contribution in [0.1, 0.15) is 110 Å². The van der Waals surface area contributed by atoms with Crippen LogP contribution in [-0.2, 0) is 14.3 Å². The first kappa shape index (κ1) is 30.6. The van der Waals surface area contributed by atoms with Gasteiger partial charge in [-0.2, -0.15) is 0 Å². The van der Waals surface area contributed by atoms with Crippen molar-refractivity contribution in [2.24, 2.45) is 0 Å². The highest BCUT2D eigenvalue weighted by atomic mass is 35.5. The minimum atomic E-state index is -0.0965. The Morgan fingerprint density at radius 1 is 0.759 bits per heavy atom. The van der Waals surface area contributed by atoms with Crippen LogP contribution in [0.3, 0.4) is 0 Å². The van der Waals surface area contributed by atoms with Crippen LogP contribution in [0.15, 0.2) is 0 Å². The van der Waals surface area contributed by atoms with E-state index in [9.17, 15) is 9.59 Å². The molecule has 0 amide bonds. The molecule has 0 heterocycles. The second-order valence-corrected chi connectivity index (χ2v) is 8.93. The molecule has 29 heavy (non-hydrogen) atoms. The maximum atomic E-state index is 11.7. The van der Waals surface area contributed by atoms with Crippen LogP contribution in [0.25, 0.3) is 0 Å². The highest BCUT2D eigenvalue weighted by Crippen LogP contribution is 2.13. The van der Waals surface area contributed by atoms with Gasteiger partial charge in [0.05, 0.1) is 14.1 Å².